The van der Waals surface area contributed by atoms with Gasteiger partial charge in [-0.25, -0.2) is 0 Å². The van der Waals surface area contributed by atoms with Crippen molar-refractivity contribution in [3.05, 3.63) is 64.9 Å². The molecule has 0 unspecified atom stereocenters. The molecule has 1 aliphatic rings. The topological polar surface area (TPSA) is 61.9 Å². The van der Waals surface area contributed by atoms with Crippen LogP contribution in [0.2, 0.25) is 5.02 Å². The van der Waals surface area contributed by atoms with E-state index in [1.165, 1.54) is 5.56 Å². The third-order valence-corrected chi connectivity index (χ3v) is 6.27. The first-order chi connectivity index (χ1) is 14.2. The molecule has 1 saturated heterocycles. The number of aromatic nitrogens is 2. The number of fused-ring (bicyclic) bond motifs is 2. The van der Waals surface area contributed by atoms with Crippen molar-refractivity contribution in [1.82, 2.24) is 14.9 Å². The first kappa shape index (κ1) is 18.1. The van der Waals surface area contributed by atoms with E-state index in [0.717, 1.165) is 71.7 Å². The summed E-state index contributed by atoms with van der Waals surface area (Å²) in [6.45, 7) is 4.97. The fourth-order valence-electron chi connectivity index (χ4n) is 4.41. The van der Waals surface area contributed by atoms with E-state index < -0.39 is 0 Å². The van der Waals surface area contributed by atoms with Gasteiger partial charge in [0.1, 0.15) is 6.07 Å². The average Bonchev–Trinajstić information content (AvgIpc) is 3.37. The first-order valence-electron chi connectivity index (χ1n) is 9.96. The fourth-order valence-corrected chi connectivity index (χ4v) is 4.71. The molecule has 29 heavy (non-hydrogen) atoms. The Morgan fingerprint density at radius 2 is 1.66 bits per heavy atom. The molecule has 0 atom stereocenters. The minimum absolute atomic E-state index is 0.717. The number of hydrogen-bond acceptors (Lipinski definition) is 3. The van der Waals surface area contributed by atoms with E-state index in [9.17, 15) is 5.26 Å². The van der Waals surface area contributed by atoms with Crippen molar-refractivity contribution in [2.24, 2.45) is 0 Å². The summed E-state index contributed by atoms with van der Waals surface area (Å²) >= 11 is 6.41. The molecule has 0 bridgehead atoms. The fraction of sp³-hybridized carbons (Fsp3) is 0.261. The molecule has 0 aliphatic carbocycles. The Morgan fingerprint density at radius 1 is 0.931 bits per heavy atom. The average molecular weight is 404 g/mol. The van der Waals surface area contributed by atoms with E-state index in [2.05, 4.69) is 50.2 Å². The molecule has 146 valence electrons. The summed E-state index contributed by atoms with van der Waals surface area (Å²) in [7, 11) is 0. The van der Waals surface area contributed by atoms with Gasteiger partial charge in [0, 0.05) is 72.6 Å². The van der Waals surface area contributed by atoms with Crippen LogP contribution in [0.15, 0.2) is 48.8 Å². The Balaban J connectivity index is 1.27. The summed E-state index contributed by atoms with van der Waals surface area (Å²) in [6, 6.07) is 14.5. The third-order valence-electron chi connectivity index (χ3n) is 5.95. The molecular weight excluding hydrogens is 382 g/mol. The Kier molecular flexibility index (Phi) is 4.67. The Hall–Kier alpha value is -2.94. The van der Waals surface area contributed by atoms with Crippen molar-refractivity contribution in [3.8, 4) is 6.07 Å². The van der Waals surface area contributed by atoms with Crippen molar-refractivity contribution in [1.29, 1.82) is 5.26 Å². The van der Waals surface area contributed by atoms with E-state index in [1.54, 1.807) is 6.20 Å². The van der Waals surface area contributed by atoms with Gasteiger partial charge in [-0.15, -0.1) is 0 Å². The minimum atomic E-state index is 0.717. The number of nitriles is 1. The van der Waals surface area contributed by atoms with Crippen molar-refractivity contribution in [3.63, 3.8) is 0 Å². The molecule has 2 N–H and O–H groups in total. The second-order valence-electron chi connectivity index (χ2n) is 7.57. The Labute approximate surface area is 174 Å². The lowest BCUT2D eigenvalue weighted by molar-refractivity contribution is 0.261. The Bertz CT molecular complexity index is 1210. The molecule has 0 radical (unpaired) electrons. The zero-order valence-corrected chi connectivity index (χ0v) is 16.8. The third kappa shape index (κ3) is 3.25. The van der Waals surface area contributed by atoms with E-state index in [1.807, 2.05) is 18.2 Å². The van der Waals surface area contributed by atoms with Crippen molar-refractivity contribution in [2.45, 2.75) is 6.42 Å². The van der Waals surface area contributed by atoms with Crippen molar-refractivity contribution >= 4 is 39.1 Å². The van der Waals surface area contributed by atoms with Gasteiger partial charge in [0.05, 0.1) is 10.6 Å². The standard InChI is InChI=1S/C23H22ClN5/c24-18-3-1-4-19-22(18)16(14-26-19)7-8-28-9-11-29(12-10-28)21-6-2-5-20-23(21)17(13-25)15-27-20/h1-6,14-15,26-27H,7-12H2. The summed E-state index contributed by atoms with van der Waals surface area (Å²) in [6.07, 6.45) is 4.87. The lowest BCUT2D eigenvalue weighted by Gasteiger charge is -2.36. The molecule has 0 amide bonds. The van der Waals surface area contributed by atoms with Gasteiger partial charge in [-0.05, 0) is 36.2 Å². The first-order valence-corrected chi connectivity index (χ1v) is 10.3. The summed E-state index contributed by atoms with van der Waals surface area (Å²) in [5.41, 5.74) is 5.28. The highest BCUT2D eigenvalue weighted by Gasteiger charge is 2.20. The zero-order valence-electron chi connectivity index (χ0n) is 16.1. The quantitative estimate of drug-likeness (QED) is 0.526. The van der Waals surface area contributed by atoms with Crippen LogP contribution in [0.5, 0.6) is 0 Å². The zero-order chi connectivity index (χ0) is 19.8. The van der Waals surface area contributed by atoms with Gasteiger partial charge in [-0.1, -0.05) is 23.7 Å². The van der Waals surface area contributed by atoms with Crippen LogP contribution in [-0.2, 0) is 6.42 Å². The minimum Gasteiger partial charge on any atom is -0.368 e. The lowest BCUT2D eigenvalue weighted by Crippen LogP contribution is -2.47. The number of anilines is 1. The number of rotatable bonds is 4. The summed E-state index contributed by atoms with van der Waals surface area (Å²) in [5.74, 6) is 0. The number of piperazine rings is 1. The van der Waals surface area contributed by atoms with Crippen LogP contribution in [0.25, 0.3) is 21.8 Å². The maximum atomic E-state index is 9.44. The highest BCUT2D eigenvalue weighted by Crippen LogP contribution is 2.30. The van der Waals surface area contributed by atoms with Gasteiger partial charge in [-0.3, -0.25) is 4.90 Å². The SMILES string of the molecule is N#Cc1c[nH]c2cccc(N3CCN(CCc4c[nH]c5cccc(Cl)c45)CC3)c12. The normalized spacial score (nSPS) is 15.2. The predicted octanol–water partition coefficient (Wildman–Crippen LogP) is 4.54. The second kappa shape index (κ2) is 7.47. The maximum Gasteiger partial charge on any atom is 0.101 e. The van der Waals surface area contributed by atoms with E-state index >= 15 is 0 Å². The van der Waals surface area contributed by atoms with Crippen LogP contribution < -0.4 is 4.90 Å². The van der Waals surface area contributed by atoms with Crippen molar-refractivity contribution in [2.75, 3.05) is 37.6 Å². The second-order valence-corrected chi connectivity index (χ2v) is 7.98. The number of halogens is 1. The van der Waals surface area contributed by atoms with Crippen LogP contribution in [0, 0.1) is 11.3 Å². The van der Waals surface area contributed by atoms with Gasteiger partial charge in [0.25, 0.3) is 0 Å². The highest BCUT2D eigenvalue weighted by atomic mass is 35.5. The molecule has 1 fully saturated rings. The van der Waals surface area contributed by atoms with Gasteiger partial charge in [0.2, 0.25) is 0 Å². The van der Waals surface area contributed by atoms with E-state index in [-0.39, 0.29) is 0 Å². The molecule has 4 aromatic rings. The molecule has 0 saturated carbocycles. The van der Waals surface area contributed by atoms with Crippen LogP contribution in [0.1, 0.15) is 11.1 Å². The van der Waals surface area contributed by atoms with Gasteiger partial charge >= 0.3 is 0 Å². The molecule has 3 heterocycles. The Morgan fingerprint density at radius 3 is 2.45 bits per heavy atom. The number of aromatic amines is 2. The van der Waals surface area contributed by atoms with Crippen LogP contribution in [0.4, 0.5) is 5.69 Å². The monoisotopic (exact) mass is 403 g/mol. The van der Waals surface area contributed by atoms with E-state index in [4.69, 9.17) is 11.6 Å². The van der Waals surface area contributed by atoms with Crippen LogP contribution >= 0.6 is 11.6 Å². The molecule has 5 nitrogen and oxygen atoms in total. The molecule has 0 spiro atoms. The molecule has 5 rings (SSSR count). The van der Waals surface area contributed by atoms with Crippen molar-refractivity contribution < 1.29 is 0 Å². The van der Waals surface area contributed by atoms with Crippen LogP contribution in [0.3, 0.4) is 0 Å². The number of benzene rings is 2. The summed E-state index contributed by atoms with van der Waals surface area (Å²) in [5, 5.41) is 12.4. The number of nitrogens with zero attached hydrogens (tertiary/aromatic N) is 3. The largest absolute Gasteiger partial charge is 0.368 e. The summed E-state index contributed by atoms with van der Waals surface area (Å²) < 4.78 is 0. The molecule has 2 aromatic carbocycles. The number of H-pyrrole nitrogens is 2. The molecule has 1 aliphatic heterocycles. The number of nitrogens with one attached hydrogen (secondary N) is 2. The maximum absolute atomic E-state index is 9.44. The molecular formula is C23H22ClN5. The molecule has 6 heteroatoms. The molecule has 2 aromatic heterocycles. The smallest absolute Gasteiger partial charge is 0.101 e. The van der Waals surface area contributed by atoms with E-state index in [0.29, 0.717) is 5.56 Å². The predicted molar refractivity (Wildman–Crippen MR) is 119 cm³/mol. The number of hydrogen-bond donors (Lipinski definition) is 2. The van der Waals surface area contributed by atoms with Crippen LogP contribution in [-0.4, -0.2) is 47.6 Å². The van der Waals surface area contributed by atoms with Gasteiger partial charge in [-0.2, -0.15) is 5.26 Å². The highest BCUT2D eigenvalue weighted by molar-refractivity contribution is 6.35. The van der Waals surface area contributed by atoms with Gasteiger partial charge in [0.15, 0.2) is 0 Å². The summed E-state index contributed by atoms with van der Waals surface area (Å²) in [4.78, 5) is 11.4. The van der Waals surface area contributed by atoms with Gasteiger partial charge < -0.3 is 14.9 Å². The lowest BCUT2D eigenvalue weighted by atomic mass is 10.1.